The van der Waals surface area contributed by atoms with Crippen LogP contribution < -0.4 is 5.43 Å². The van der Waals surface area contributed by atoms with Crippen LogP contribution in [0.4, 0.5) is 0 Å². The zero-order chi connectivity index (χ0) is 14.9. The summed E-state index contributed by atoms with van der Waals surface area (Å²) in [4.78, 5) is 23.6. The van der Waals surface area contributed by atoms with Crippen LogP contribution in [-0.4, -0.2) is 17.6 Å². The molecule has 1 aromatic carbocycles. The van der Waals surface area contributed by atoms with Crippen molar-refractivity contribution < 1.29 is 9.53 Å². The molecule has 0 fully saturated rings. The van der Waals surface area contributed by atoms with Gasteiger partial charge in [0, 0.05) is 23.7 Å². The fraction of sp³-hybridized carbons (Fsp3) is 0.375. The highest BCUT2D eigenvalue weighted by Crippen LogP contribution is 2.20. The average molecular weight is 273 g/mol. The van der Waals surface area contributed by atoms with Gasteiger partial charge in [-0.05, 0) is 38.0 Å². The number of carbonyl (C=O) groups excluding carboxylic acids is 1. The Morgan fingerprint density at radius 1 is 1.20 bits per heavy atom. The minimum absolute atomic E-state index is 0.0532. The van der Waals surface area contributed by atoms with Crippen LogP contribution >= 0.6 is 0 Å². The van der Waals surface area contributed by atoms with Crippen molar-refractivity contribution in [2.75, 3.05) is 7.11 Å². The van der Waals surface area contributed by atoms with Crippen molar-refractivity contribution in [3.05, 3.63) is 45.2 Å². The summed E-state index contributed by atoms with van der Waals surface area (Å²) >= 11 is 0. The van der Waals surface area contributed by atoms with Crippen LogP contribution in [0.2, 0.25) is 0 Å². The van der Waals surface area contributed by atoms with Gasteiger partial charge in [0.05, 0.1) is 19.0 Å². The van der Waals surface area contributed by atoms with E-state index in [1.54, 1.807) is 6.92 Å². The number of rotatable bonds is 3. The zero-order valence-corrected chi connectivity index (χ0v) is 12.3. The van der Waals surface area contributed by atoms with E-state index < -0.39 is 0 Å². The van der Waals surface area contributed by atoms with E-state index in [9.17, 15) is 9.59 Å². The predicted octanol–water partition coefficient (Wildman–Crippen LogP) is 2.49. The summed E-state index contributed by atoms with van der Waals surface area (Å²) in [6, 6.07) is 3.82. The molecule has 0 atom stereocenters. The highest BCUT2D eigenvalue weighted by Gasteiger charge is 2.11. The van der Waals surface area contributed by atoms with Gasteiger partial charge in [0.2, 0.25) is 0 Å². The Bertz CT molecular complexity index is 729. The minimum Gasteiger partial charge on any atom is -0.469 e. The topological polar surface area (TPSA) is 48.3 Å². The third-order valence-corrected chi connectivity index (χ3v) is 3.73. The Labute approximate surface area is 118 Å². The summed E-state index contributed by atoms with van der Waals surface area (Å²) in [5, 5.41) is 0.706. The lowest BCUT2D eigenvalue weighted by Crippen LogP contribution is -2.15. The second-order valence-corrected chi connectivity index (χ2v) is 5.06. The van der Waals surface area contributed by atoms with Gasteiger partial charge in [0.15, 0.2) is 5.43 Å². The fourth-order valence-corrected chi connectivity index (χ4v) is 2.41. The normalized spacial score (nSPS) is 10.8. The molecule has 0 spiro atoms. The molecule has 0 saturated carbocycles. The Morgan fingerprint density at radius 2 is 1.90 bits per heavy atom. The van der Waals surface area contributed by atoms with Gasteiger partial charge < -0.3 is 9.30 Å². The summed E-state index contributed by atoms with van der Waals surface area (Å²) in [6.45, 7) is 6.32. The lowest BCUT2D eigenvalue weighted by Gasteiger charge is -2.15. The van der Waals surface area contributed by atoms with Crippen molar-refractivity contribution in [1.29, 1.82) is 0 Å². The molecular formula is C16H19NO3. The molecule has 1 heterocycles. The van der Waals surface area contributed by atoms with Gasteiger partial charge in [-0.3, -0.25) is 9.59 Å². The van der Waals surface area contributed by atoms with Gasteiger partial charge in [-0.2, -0.15) is 0 Å². The predicted molar refractivity (Wildman–Crippen MR) is 79.1 cm³/mol. The van der Waals surface area contributed by atoms with Crippen molar-refractivity contribution in [3.63, 3.8) is 0 Å². The number of pyridine rings is 1. The van der Waals surface area contributed by atoms with Crippen molar-refractivity contribution in [3.8, 4) is 0 Å². The molecule has 0 aliphatic heterocycles. The Hall–Kier alpha value is -2.10. The van der Waals surface area contributed by atoms with Crippen LogP contribution in [0.5, 0.6) is 0 Å². The first-order valence-corrected chi connectivity index (χ1v) is 6.62. The first-order valence-electron chi connectivity index (χ1n) is 6.62. The molecule has 20 heavy (non-hydrogen) atoms. The summed E-state index contributed by atoms with van der Waals surface area (Å²) in [5.74, 6) is -0.250. The van der Waals surface area contributed by atoms with Gasteiger partial charge in [0.25, 0.3) is 0 Å². The van der Waals surface area contributed by atoms with E-state index in [4.69, 9.17) is 0 Å². The molecule has 2 aromatic rings. The maximum atomic E-state index is 12.2. The van der Waals surface area contributed by atoms with Crippen LogP contribution in [0.3, 0.4) is 0 Å². The van der Waals surface area contributed by atoms with Gasteiger partial charge in [-0.15, -0.1) is 0 Å². The van der Waals surface area contributed by atoms with Crippen molar-refractivity contribution in [2.24, 2.45) is 0 Å². The molecule has 0 radical (unpaired) electrons. The lowest BCUT2D eigenvalue weighted by atomic mass is 10.0. The minimum atomic E-state index is -0.250. The van der Waals surface area contributed by atoms with Gasteiger partial charge in [0.1, 0.15) is 0 Å². The van der Waals surface area contributed by atoms with Crippen LogP contribution in [0.25, 0.3) is 10.9 Å². The molecule has 0 aliphatic rings. The molecule has 0 amide bonds. The maximum Gasteiger partial charge on any atom is 0.307 e. The molecule has 2 rings (SSSR count). The number of ether oxygens (including phenoxy) is 1. The van der Waals surface area contributed by atoms with Crippen LogP contribution in [0.1, 0.15) is 23.1 Å². The number of hydrogen-bond donors (Lipinski definition) is 0. The van der Waals surface area contributed by atoms with E-state index in [2.05, 4.69) is 4.74 Å². The molecule has 0 N–H and O–H groups in total. The number of hydrogen-bond acceptors (Lipinski definition) is 3. The van der Waals surface area contributed by atoms with Gasteiger partial charge >= 0.3 is 5.97 Å². The van der Waals surface area contributed by atoms with Crippen molar-refractivity contribution in [1.82, 2.24) is 4.57 Å². The summed E-state index contributed by atoms with van der Waals surface area (Å²) in [5.41, 5.74) is 3.85. The summed E-state index contributed by atoms with van der Waals surface area (Å²) < 4.78 is 6.66. The maximum absolute atomic E-state index is 12.2. The van der Waals surface area contributed by atoms with E-state index in [-0.39, 0.29) is 11.4 Å². The number of esters is 1. The Kier molecular flexibility index (Phi) is 3.93. The molecule has 0 bridgehead atoms. The van der Waals surface area contributed by atoms with Gasteiger partial charge in [-0.1, -0.05) is 6.07 Å². The fourth-order valence-electron chi connectivity index (χ4n) is 2.41. The highest BCUT2D eigenvalue weighted by atomic mass is 16.5. The number of carbonyl (C=O) groups is 1. The molecule has 0 saturated heterocycles. The Morgan fingerprint density at radius 3 is 2.55 bits per heavy atom. The monoisotopic (exact) mass is 273 g/mol. The molecule has 4 heteroatoms. The smallest absolute Gasteiger partial charge is 0.307 e. The number of aromatic nitrogens is 1. The highest BCUT2D eigenvalue weighted by molar-refractivity contribution is 5.84. The van der Waals surface area contributed by atoms with Crippen LogP contribution in [-0.2, 0) is 16.1 Å². The summed E-state index contributed by atoms with van der Waals surface area (Å²) in [7, 11) is 1.38. The van der Waals surface area contributed by atoms with E-state index in [1.165, 1.54) is 7.11 Å². The van der Waals surface area contributed by atoms with Gasteiger partial charge in [-0.25, -0.2) is 0 Å². The first-order chi connectivity index (χ1) is 9.45. The first kappa shape index (κ1) is 14.3. The molecule has 4 nitrogen and oxygen atoms in total. The number of nitrogens with zero attached hydrogens (tertiary/aromatic N) is 1. The van der Waals surface area contributed by atoms with E-state index >= 15 is 0 Å². The number of fused-ring (bicyclic) bond motifs is 1. The number of benzene rings is 1. The summed E-state index contributed by atoms with van der Waals surface area (Å²) in [6.07, 6.45) is 2.11. The molecule has 0 unspecified atom stereocenters. The lowest BCUT2D eigenvalue weighted by molar-refractivity contribution is -0.140. The van der Waals surface area contributed by atoms with E-state index in [0.29, 0.717) is 23.9 Å². The largest absolute Gasteiger partial charge is 0.469 e. The third-order valence-electron chi connectivity index (χ3n) is 3.73. The second-order valence-electron chi connectivity index (χ2n) is 5.06. The zero-order valence-electron chi connectivity index (χ0n) is 12.3. The van der Waals surface area contributed by atoms with Crippen molar-refractivity contribution in [2.45, 2.75) is 33.7 Å². The van der Waals surface area contributed by atoms with Crippen molar-refractivity contribution >= 4 is 16.9 Å². The second kappa shape index (κ2) is 5.49. The average Bonchev–Trinajstić information content (AvgIpc) is 2.44. The standard InChI is InChI=1S/C16H19NO3/c1-10-5-6-13-15(12(10)3)17(8-7-14(18)20-4)9-11(2)16(13)19/h5-6,9H,7-8H2,1-4H3. The van der Waals surface area contributed by atoms with Crippen LogP contribution in [0.15, 0.2) is 23.1 Å². The molecule has 106 valence electrons. The Balaban J connectivity index is 2.64. The van der Waals surface area contributed by atoms with E-state index in [1.807, 2.05) is 36.7 Å². The number of aryl methyl sites for hydroxylation is 4. The third kappa shape index (κ3) is 2.46. The molecular weight excluding hydrogens is 254 g/mol. The molecule has 1 aromatic heterocycles. The van der Waals surface area contributed by atoms with E-state index in [0.717, 1.165) is 16.6 Å². The quantitative estimate of drug-likeness (QED) is 0.807. The SMILES string of the molecule is COC(=O)CCn1cc(C)c(=O)c2ccc(C)c(C)c21. The van der Waals surface area contributed by atoms with Crippen LogP contribution in [0, 0.1) is 20.8 Å². The number of methoxy groups -OCH3 is 1. The molecule has 0 aliphatic carbocycles.